The minimum atomic E-state index is -0.134. The molecule has 2 N–H and O–H groups in total. The van der Waals surface area contributed by atoms with Crippen LogP contribution in [-0.4, -0.2) is 20.2 Å². The second-order valence-corrected chi connectivity index (χ2v) is 4.77. The first-order chi connectivity index (χ1) is 10.7. The summed E-state index contributed by atoms with van der Waals surface area (Å²) in [7, 11) is 0. The van der Waals surface area contributed by atoms with Crippen molar-refractivity contribution in [2.24, 2.45) is 0 Å². The Kier molecular flexibility index (Phi) is 3.83. The molecule has 1 aromatic carbocycles. The highest BCUT2D eigenvalue weighted by atomic mass is 16.3. The Hall–Kier alpha value is -3.14. The number of benzene rings is 1. The molecule has 0 aliphatic carbocycles. The van der Waals surface area contributed by atoms with Crippen LogP contribution in [-0.2, 0) is 0 Å². The lowest BCUT2D eigenvalue weighted by Crippen LogP contribution is -1.86. The van der Waals surface area contributed by atoms with Crippen LogP contribution in [0.15, 0.2) is 60.9 Å². The largest absolute Gasteiger partial charge is 0.504 e. The fourth-order valence-electron chi connectivity index (χ4n) is 2.01. The molecule has 0 aliphatic heterocycles. The maximum atomic E-state index is 9.46. The summed E-state index contributed by atoms with van der Waals surface area (Å²) >= 11 is 0. The summed E-state index contributed by atoms with van der Waals surface area (Å²) in [6.07, 6.45) is 7.24. The molecule has 0 unspecified atom stereocenters. The van der Waals surface area contributed by atoms with Crippen molar-refractivity contribution in [3.63, 3.8) is 0 Å². The number of aromatic hydroxyl groups is 2. The second kappa shape index (κ2) is 6.10. The summed E-state index contributed by atoms with van der Waals surface area (Å²) in [5.74, 6) is -0.260. The van der Waals surface area contributed by atoms with Crippen molar-refractivity contribution in [3.8, 4) is 22.9 Å². The molecule has 0 bridgehead atoms. The lowest BCUT2D eigenvalue weighted by Gasteiger charge is -2.00. The van der Waals surface area contributed by atoms with Gasteiger partial charge in [0.15, 0.2) is 11.5 Å². The number of phenols is 2. The molecule has 0 atom stereocenters. The van der Waals surface area contributed by atoms with Crippen LogP contribution in [0.3, 0.4) is 0 Å². The number of aromatic nitrogens is 2. The molecule has 0 saturated heterocycles. The van der Waals surface area contributed by atoms with E-state index in [2.05, 4.69) is 9.97 Å². The second-order valence-electron chi connectivity index (χ2n) is 4.77. The van der Waals surface area contributed by atoms with Gasteiger partial charge in [0.1, 0.15) is 0 Å². The van der Waals surface area contributed by atoms with E-state index in [0.717, 1.165) is 22.5 Å². The van der Waals surface area contributed by atoms with E-state index in [-0.39, 0.29) is 11.5 Å². The van der Waals surface area contributed by atoms with Gasteiger partial charge >= 0.3 is 0 Å². The number of rotatable bonds is 3. The van der Waals surface area contributed by atoms with Crippen LogP contribution >= 0.6 is 0 Å². The van der Waals surface area contributed by atoms with Gasteiger partial charge in [-0.1, -0.05) is 30.4 Å². The zero-order chi connectivity index (χ0) is 15.4. The van der Waals surface area contributed by atoms with Gasteiger partial charge in [0, 0.05) is 12.4 Å². The SMILES string of the molecule is Oc1ccc(/C=C/c2ccc(-c3ccccn3)nc2)cc1O. The van der Waals surface area contributed by atoms with Gasteiger partial charge < -0.3 is 10.2 Å². The molecule has 108 valence electrons. The average molecular weight is 290 g/mol. The van der Waals surface area contributed by atoms with Crippen LogP contribution in [0.5, 0.6) is 11.5 Å². The fourth-order valence-corrected chi connectivity index (χ4v) is 2.01. The normalized spacial score (nSPS) is 10.9. The molecule has 3 rings (SSSR count). The van der Waals surface area contributed by atoms with E-state index in [0.29, 0.717) is 0 Å². The zero-order valence-electron chi connectivity index (χ0n) is 11.7. The third-order valence-electron chi connectivity index (χ3n) is 3.18. The van der Waals surface area contributed by atoms with Gasteiger partial charge in [0.2, 0.25) is 0 Å². The van der Waals surface area contributed by atoms with Gasteiger partial charge in [0.25, 0.3) is 0 Å². The first-order valence-corrected chi connectivity index (χ1v) is 6.80. The summed E-state index contributed by atoms with van der Waals surface area (Å²) < 4.78 is 0. The fraction of sp³-hybridized carbons (Fsp3) is 0. The molecule has 0 saturated carbocycles. The summed E-state index contributed by atoms with van der Waals surface area (Å²) in [5, 5.41) is 18.7. The topological polar surface area (TPSA) is 66.2 Å². The predicted octanol–water partition coefficient (Wildman–Crippen LogP) is 3.73. The molecule has 2 aromatic heterocycles. The van der Waals surface area contributed by atoms with Crippen molar-refractivity contribution in [1.82, 2.24) is 9.97 Å². The molecule has 4 nitrogen and oxygen atoms in total. The highest BCUT2D eigenvalue weighted by molar-refractivity contribution is 5.71. The highest BCUT2D eigenvalue weighted by Gasteiger charge is 2.00. The molecule has 0 spiro atoms. The smallest absolute Gasteiger partial charge is 0.157 e. The van der Waals surface area contributed by atoms with Crippen molar-refractivity contribution in [3.05, 3.63) is 72.1 Å². The maximum Gasteiger partial charge on any atom is 0.157 e. The van der Waals surface area contributed by atoms with Crippen molar-refractivity contribution in [2.75, 3.05) is 0 Å². The van der Waals surface area contributed by atoms with Crippen molar-refractivity contribution >= 4 is 12.2 Å². The Bertz CT molecular complexity index is 797. The van der Waals surface area contributed by atoms with Crippen molar-refractivity contribution in [1.29, 1.82) is 0 Å². The standard InChI is InChI=1S/C18H14N2O2/c21-17-9-7-13(11-18(17)22)4-5-14-6-8-16(20-12-14)15-3-1-2-10-19-15/h1-12,21-22H/b5-4+. The predicted molar refractivity (Wildman–Crippen MR) is 86.2 cm³/mol. The van der Waals surface area contributed by atoms with E-state index in [1.54, 1.807) is 18.5 Å². The molecule has 0 amide bonds. The minimum absolute atomic E-state index is 0.126. The summed E-state index contributed by atoms with van der Waals surface area (Å²) in [5.41, 5.74) is 3.39. The number of hydrogen-bond acceptors (Lipinski definition) is 4. The monoisotopic (exact) mass is 290 g/mol. The van der Waals surface area contributed by atoms with Crippen LogP contribution in [0.4, 0.5) is 0 Å². The lowest BCUT2D eigenvalue weighted by atomic mass is 10.1. The van der Waals surface area contributed by atoms with E-state index in [4.69, 9.17) is 0 Å². The van der Waals surface area contributed by atoms with Crippen LogP contribution in [0.2, 0.25) is 0 Å². The molecule has 4 heteroatoms. The van der Waals surface area contributed by atoms with Crippen molar-refractivity contribution < 1.29 is 10.2 Å². The van der Waals surface area contributed by atoms with E-state index < -0.39 is 0 Å². The first-order valence-electron chi connectivity index (χ1n) is 6.80. The Balaban J connectivity index is 1.78. The minimum Gasteiger partial charge on any atom is -0.504 e. The lowest BCUT2D eigenvalue weighted by molar-refractivity contribution is 0.403. The third kappa shape index (κ3) is 3.12. The quantitative estimate of drug-likeness (QED) is 0.721. The van der Waals surface area contributed by atoms with E-state index in [1.165, 1.54) is 12.1 Å². The Labute approximate surface area is 128 Å². The van der Waals surface area contributed by atoms with E-state index in [9.17, 15) is 10.2 Å². The van der Waals surface area contributed by atoms with Crippen LogP contribution in [0.25, 0.3) is 23.5 Å². The first kappa shape index (κ1) is 13.8. The third-order valence-corrected chi connectivity index (χ3v) is 3.18. The molecule has 2 heterocycles. The van der Waals surface area contributed by atoms with Crippen LogP contribution in [0.1, 0.15) is 11.1 Å². The Morgan fingerprint density at radius 3 is 2.18 bits per heavy atom. The van der Waals surface area contributed by atoms with Crippen LogP contribution in [0, 0.1) is 0 Å². The van der Waals surface area contributed by atoms with E-state index in [1.807, 2.05) is 42.5 Å². The Morgan fingerprint density at radius 1 is 0.727 bits per heavy atom. The number of phenolic OH excluding ortho intramolecular Hbond substituents is 2. The molecule has 0 radical (unpaired) electrons. The number of pyridine rings is 2. The number of nitrogens with zero attached hydrogens (tertiary/aromatic N) is 2. The molecule has 0 fully saturated rings. The highest BCUT2D eigenvalue weighted by Crippen LogP contribution is 2.25. The maximum absolute atomic E-state index is 9.46. The molecule has 0 aliphatic rings. The summed E-state index contributed by atoms with van der Waals surface area (Å²) in [6, 6.07) is 14.3. The molecule has 3 aromatic rings. The van der Waals surface area contributed by atoms with Crippen LogP contribution < -0.4 is 0 Å². The zero-order valence-corrected chi connectivity index (χ0v) is 11.7. The van der Waals surface area contributed by atoms with Crippen molar-refractivity contribution in [2.45, 2.75) is 0 Å². The summed E-state index contributed by atoms with van der Waals surface area (Å²) in [4.78, 5) is 8.65. The van der Waals surface area contributed by atoms with E-state index >= 15 is 0 Å². The molecule has 22 heavy (non-hydrogen) atoms. The Morgan fingerprint density at radius 2 is 1.50 bits per heavy atom. The average Bonchev–Trinajstić information content (AvgIpc) is 2.57. The van der Waals surface area contributed by atoms with Gasteiger partial charge in [0.05, 0.1) is 11.4 Å². The van der Waals surface area contributed by atoms with Gasteiger partial charge in [-0.2, -0.15) is 0 Å². The van der Waals surface area contributed by atoms with Gasteiger partial charge in [-0.15, -0.1) is 0 Å². The van der Waals surface area contributed by atoms with Gasteiger partial charge in [-0.3, -0.25) is 9.97 Å². The number of hydrogen-bond donors (Lipinski definition) is 2. The summed E-state index contributed by atoms with van der Waals surface area (Å²) in [6.45, 7) is 0. The molecular formula is C18H14N2O2. The van der Waals surface area contributed by atoms with Gasteiger partial charge in [-0.05, 0) is 41.5 Å². The van der Waals surface area contributed by atoms with Gasteiger partial charge in [-0.25, -0.2) is 0 Å². The molecular weight excluding hydrogens is 276 g/mol.